The number of nitrogens with zero attached hydrogens (tertiary/aromatic N) is 2. The first-order chi connectivity index (χ1) is 9.13. The van der Waals surface area contributed by atoms with Gasteiger partial charge in [-0.05, 0) is 17.7 Å². The number of anilines is 1. The van der Waals surface area contributed by atoms with Crippen molar-refractivity contribution in [2.45, 2.75) is 6.42 Å². The van der Waals surface area contributed by atoms with E-state index in [9.17, 15) is 4.79 Å². The maximum absolute atomic E-state index is 11.6. The second-order valence-electron chi connectivity index (χ2n) is 3.70. The monoisotopic (exact) mass is 338 g/mol. The van der Waals surface area contributed by atoms with Crippen molar-refractivity contribution in [2.75, 3.05) is 5.73 Å². The molecule has 1 aromatic carbocycles. The maximum Gasteiger partial charge on any atom is 0.246 e. The standard InChI is InChI=1S/C12H11BrN4OS/c13-9-3-1-8(2-4-9)6-15-17-11(18)5-10-7-19-12(14)16-10/h1-4,6-7H,5H2,(H2,14,16)(H,17,18)/b15-6+. The number of carbonyl (C=O) groups excluding carboxylic acids is 1. The van der Waals surface area contributed by atoms with Crippen molar-refractivity contribution in [1.82, 2.24) is 10.4 Å². The van der Waals surface area contributed by atoms with E-state index in [0.717, 1.165) is 10.0 Å². The highest BCUT2D eigenvalue weighted by Crippen LogP contribution is 2.11. The van der Waals surface area contributed by atoms with Crippen molar-refractivity contribution >= 4 is 44.5 Å². The summed E-state index contributed by atoms with van der Waals surface area (Å²) in [7, 11) is 0. The molecular weight excluding hydrogens is 328 g/mol. The highest BCUT2D eigenvalue weighted by Gasteiger charge is 2.05. The van der Waals surface area contributed by atoms with Crippen LogP contribution in [0.15, 0.2) is 39.2 Å². The first-order valence-corrected chi connectivity index (χ1v) is 7.08. The van der Waals surface area contributed by atoms with Crippen molar-refractivity contribution in [3.63, 3.8) is 0 Å². The molecule has 0 saturated heterocycles. The fourth-order valence-electron chi connectivity index (χ4n) is 1.34. The number of thiazole rings is 1. The van der Waals surface area contributed by atoms with Crippen LogP contribution in [0.2, 0.25) is 0 Å². The fourth-order valence-corrected chi connectivity index (χ4v) is 2.16. The Bertz CT molecular complexity index is 594. The van der Waals surface area contributed by atoms with E-state index in [0.29, 0.717) is 10.8 Å². The summed E-state index contributed by atoms with van der Waals surface area (Å²) in [6, 6.07) is 7.59. The molecule has 0 bridgehead atoms. The summed E-state index contributed by atoms with van der Waals surface area (Å²) in [5, 5.41) is 6.10. The molecule has 2 rings (SSSR count). The zero-order chi connectivity index (χ0) is 13.7. The summed E-state index contributed by atoms with van der Waals surface area (Å²) < 4.78 is 0.995. The molecule has 19 heavy (non-hydrogen) atoms. The van der Waals surface area contributed by atoms with Crippen molar-refractivity contribution in [2.24, 2.45) is 5.10 Å². The third-order valence-corrected chi connectivity index (χ3v) is 3.44. The average molecular weight is 339 g/mol. The van der Waals surface area contributed by atoms with Gasteiger partial charge in [-0.3, -0.25) is 4.79 Å². The van der Waals surface area contributed by atoms with Gasteiger partial charge in [0, 0.05) is 9.85 Å². The largest absolute Gasteiger partial charge is 0.375 e. The number of nitrogens with two attached hydrogens (primary N) is 1. The van der Waals surface area contributed by atoms with Crippen LogP contribution < -0.4 is 11.2 Å². The van der Waals surface area contributed by atoms with E-state index < -0.39 is 0 Å². The van der Waals surface area contributed by atoms with Gasteiger partial charge in [-0.2, -0.15) is 5.10 Å². The van der Waals surface area contributed by atoms with Gasteiger partial charge in [0.2, 0.25) is 5.91 Å². The van der Waals surface area contributed by atoms with Crippen LogP contribution in [0.3, 0.4) is 0 Å². The van der Waals surface area contributed by atoms with Crippen molar-refractivity contribution in [3.8, 4) is 0 Å². The van der Waals surface area contributed by atoms with Crippen LogP contribution in [0, 0.1) is 0 Å². The molecule has 0 unspecified atom stereocenters. The lowest BCUT2D eigenvalue weighted by molar-refractivity contribution is -0.120. The van der Waals surface area contributed by atoms with Crippen LogP contribution in [-0.4, -0.2) is 17.1 Å². The van der Waals surface area contributed by atoms with Crippen molar-refractivity contribution < 1.29 is 4.79 Å². The Balaban J connectivity index is 1.84. The molecular formula is C12H11BrN4OS. The van der Waals surface area contributed by atoms with Crippen LogP contribution in [0.4, 0.5) is 5.13 Å². The number of rotatable bonds is 4. The number of nitrogens with one attached hydrogen (secondary N) is 1. The Morgan fingerprint density at radius 1 is 1.47 bits per heavy atom. The van der Waals surface area contributed by atoms with E-state index in [-0.39, 0.29) is 12.3 Å². The summed E-state index contributed by atoms with van der Waals surface area (Å²) >= 11 is 4.66. The topological polar surface area (TPSA) is 80.4 Å². The second kappa shape index (κ2) is 6.44. The Hall–Kier alpha value is -1.73. The third-order valence-electron chi connectivity index (χ3n) is 2.18. The lowest BCUT2D eigenvalue weighted by Crippen LogP contribution is -2.19. The molecule has 0 fully saturated rings. The minimum absolute atomic E-state index is 0.172. The van der Waals surface area contributed by atoms with E-state index in [1.54, 1.807) is 11.6 Å². The van der Waals surface area contributed by atoms with Crippen LogP contribution >= 0.6 is 27.3 Å². The molecule has 7 heteroatoms. The number of aromatic nitrogens is 1. The Morgan fingerprint density at radius 2 is 2.21 bits per heavy atom. The normalized spacial score (nSPS) is 10.8. The summed E-state index contributed by atoms with van der Waals surface area (Å²) in [5.41, 5.74) is 9.49. The van der Waals surface area contributed by atoms with E-state index in [1.807, 2.05) is 24.3 Å². The van der Waals surface area contributed by atoms with Crippen LogP contribution in [-0.2, 0) is 11.2 Å². The van der Waals surface area contributed by atoms with Gasteiger partial charge in [0.05, 0.1) is 18.3 Å². The van der Waals surface area contributed by atoms with Gasteiger partial charge in [-0.1, -0.05) is 28.1 Å². The maximum atomic E-state index is 11.6. The number of nitrogen functional groups attached to an aromatic ring is 1. The number of hydrogen-bond donors (Lipinski definition) is 2. The molecule has 1 amide bonds. The molecule has 0 aliphatic carbocycles. The molecule has 0 atom stereocenters. The van der Waals surface area contributed by atoms with Crippen LogP contribution in [0.5, 0.6) is 0 Å². The molecule has 5 nitrogen and oxygen atoms in total. The predicted octanol–water partition coefficient (Wildman–Crippen LogP) is 2.18. The molecule has 1 heterocycles. The van der Waals surface area contributed by atoms with E-state index in [2.05, 4.69) is 31.4 Å². The van der Waals surface area contributed by atoms with Gasteiger partial charge in [0.15, 0.2) is 5.13 Å². The molecule has 0 radical (unpaired) electrons. The number of hydrogen-bond acceptors (Lipinski definition) is 5. The first-order valence-electron chi connectivity index (χ1n) is 5.41. The minimum atomic E-state index is -0.223. The number of amides is 1. The Morgan fingerprint density at radius 3 is 2.84 bits per heavy atom. The SMILES string of the molecule is Nc1nc(CC(=O)N/N=C/c2ccc(Br)cc2)cs1. The molecule has 98 valence electrons. The van der Waals surface area contributed by atoms with E-state index in [1.165, 1.54) is 11.3 Å². The van der Waals surface area contributed by atoms with Gasteiger partial charge in [0.25, 0.3) is 0 Å². The van der Waals surface area contributed by atoms with Crippen molar-refractivity contribution in [1.29, 1.82) is 0 Å². The zero-order valence-electron chi connectivity index (χ0n) is 9.84. The lowest BCUT2D eigenvalue weighted by Gasteiger charge is -1.97. The lowest BCUT2D eigenvalue weighted by atomic mass is 10.2. The number of hydrazone groups is 1. The van der Waals surface area contributed by atoms with Crippen molar-refractivity contribution in [3.05, 3.63) is 45.4 Å². The smallest absolute Gasteiger partial charge is 0.246 e. The van der Waals surface area contributed by atoms with Gasteiger partial charge in [-0.15, -0.1) is 11.3 Å². The van der Waals surface area contributed by atoms with Gasteiger partial charge in [0.1, 0.15) is 0 Å². The number of carbonyl (C=O) groups is 1. The molecule has 0 aliphatic heterocycles. The Kier molecular flexibility index (Phi) is 4.64. The van der Waals surface area contributed by atoms with Gasteiger partial charge in [-0.25, -0.2) is 10.4 Å². The molecule has 0 saturated carbocycles. The first kappa shape index (κ1) is 13.7. The highest BCUT2D eigenvalue weighted by atomic mass is 79.9. The van der Waals surface area contributed by atoms with E-state index in [4.69, 9.17) is 5.73 Å². The summed E-state index contributed by atoms with van der Waals surface area (Å²) in [4.78, 5) is 15.6. The second-order valence-corrected chi connectivity index (χ2v) is 5.50. The van der Waals surface area contributed by atoms with Crippen LogP contribution in [0.25, 0.3) is 0 Å². The molecule has 3 N–H and O–H groups in total. The zero-order valence-corrected chi connectivity index (χ0v) is 12.2. The van der Waals surface area contributed by atoms with Gasteiger partial charge >= 0.3 is 0 Å². The number of halogens is 1. The predicted molar refractivity (Wildman–Crippen MR) is 80.1 cm³/mol. The quantitative estimate of drug-likeness (QED) is 0.662. The summed E-state index contributed by atoms with van der Waals surface area (Å²) in [6.07, 6.45) is 1.76. The highest BCUT2D eigenvalue weighted by molar-refractivity contribution is 9.10. The van der Waals surface area contributed by atoms with Crippen LogP contribution in [0.1, 0.15) is 11.3 Å². The van der Waals surface area contributed by atoms with E-state index >= 15 is 0 Å². The minimum Gasteiger partial charge on any atom is -0.375 e. The van der Waals surface area contributed by atoms with Gasteiger partial charge < -0.3 is 5.73 Å². The third kappa shape index (κ3) is 4.46. The fraction of sp³-hybridized carbons (Fsp3) is 0.0833. The number of benzene rings is 1. The summed E-state index contributed by atoms with van der Waals surface area (Å²) in [6.45, 7) is 0. The molecule has 0 spiro atoms. The summed E-state index contributed by atoms with van der Waals surface area (Å²) in [5.74, 6) is -0.223. The Labute approximate surface area is 122 Å². The molecule has 2 aromatic rings. The molecule has 0 aliphatic rings. The average Bonchev–Trinajstić information content (AvgIpc) is 2.77. The molecule has 1 aromatic heterocycles.